The van der Waals surface area contributed by atoms with Crippen LogP contribution in [0.25, 0.3) is 10.8 Å². The number of nitrogens with zero attached hydrogens (tertiary/aromatic N) is 2. The molecule has 0 aliphatic carbocycles. The number of benzene rings is 3. The van der Waals surface area contributed by atoms with Crippen molar-refractivity contribution in [3.8, 4) is 0 Å². The molecule has 0 spiro atoms. The summed E-state index contributed by atoms with van der Waals surface area (Å²) in [5.41, 5.74) is 2.24. The summed E-state index contributed by atoms with van der Waals surface area (Å²) in [5.74, 6) is -0.667. The van der Waals surface area contributed by atoms with Crippen LogP contribution in [0.1, 0.15) is 42.6 Å². The van der Waals surface area contributed by atoms with Crippen molar-refractivity contribution in [3.63, 3.8) is 0 Å². The van der Waals surface area contributed by atoms with Crippen LogP contribution in [-0.4, -0.2) is 41.8 Å². The highest BCUT2D eigenvalue weighted by atomic mass is 79.9. The van der Waals surface area contributed by atoms with Gasteiger partial charge in [0.1, 0.15) is 12.6 Å². The molecule has 1 N–H and O–H groups in total. The standard InChI is InChI=1S/C27H28BrN3O3/c1-3-4-15-29-26(33)18(2)30(16-19-11-13-21(28)14-12-19)24(32)17-31-23-10-6-8-20-7-5-9-22(25(20)23)27(31)34/h5-14,18H,3-4,15-17H2,1-2H3,(H,29,33)/t18-/m1/s1. The van der Waals surface area contributed by atoms with Gasteiger partial charge in [-0.2, -0.15) is 0 Å². The molecule has 0 fully saturated rings. The van der Waals surface area contributed by atoms with E-state index in [4.69, 9.17) is 0 Å². The fourth-order valence-corrected chi connectivity index (χ4v) is 4.53. The number of rotatable bonds is 9. The second-order valence-electron chi connectivity index (χ2n) is 8.54. The number of carbonyl (C=O) groups is 3. The fourth-order valence-electron chi connectivity index (χ4n) is 4.27. The van der Waals surface area contributed by atoms with Crippen LogP contribution in [0.4, 0.5) is 5.69 Å². The molecule has 0 aromatic heterocycles. The van der Waals surface area contributed by atoms with Gasteiger partial charge >= 0.3 is 0 Å². The maximum absolute atomic E-state index is 13.6. The van der Waals surface area contributed by atoms with E-state index in [-0.39, 0.29) is 30.8 Å². The van der Waals surface area contributed by atoms with Crippen LogP contribution in [-0.2, 0) is 16.1 Å². The average molecular weight is 522 g/mol. The normalized spacial score (nSPS) is 13.3. The van der Waals surface area contributed by atoms with E-state index in [2.05, 4.69) is 28.2 Å². The third-order valence-corrected chi connectivity index (χ3v) is 6.73. The summed E-state index contributed by atoms with van der Waals surface area (Å²) in [7, 11) is 0. The summed E-state index contributed by atoms with van der Waals surface area (Å²) < 4.78 is 0.938. The Morgan fingerprint density at radius 1 is 1.06 bits per heavy atom. The second kappa shape index (κ2) is 10.4. The molecule has 176 valence electrons. The topological polar surface area (TPSA) is 69.7 Å². The van der Waals surface area contributed by atoms with Crippen LogP contribution in [0.15, 0.2) is 65.1 Å². The van der Waals surface area contributed by atoms with E-state index in [1.807, 2.05) is 54.6 Å². The SMILES string of the molecule is CCCCNC(=O)[C@@H](C)N(Cc1ccc(Br)cc1)C(=O)CN1C(=O)c2cccc3cccc1c23. The summed E-state index contributed by atoms with van der Waals surface area (Å²) >= 11 is 3.43. The average Bonchev–Trinajstić information content (AvgIpc) is 3.11. The van der Waals surface area contributed by atoms with E-state index >= 15 is 0 Å². The minimum absolute atomic E-state index is 0.129. The van der Waals surface area contributed by atoms with Crippen molar-refractivity contribution in [1.29, 1.82) is 0 Å². The first kappa shape index (κ1) is 24.0. The highest BCUT2D eigenvalue weighted by Gasteiger charge is 2.34. The van der Waals surface area contributed by atoms with Crippen molar-refractivity contribution in [3.05, 3.63) is 76.3 Å². The smallest absolute Gasteiger partial charge is 0.259 e. The lowest BCUT2D eigenvalue weighted by Crippen LogP contribution is -2.51. The van der Waals surface area contributed by atoms with Gasteiger partial charge in [0.2, 0.25) is 11.8 Å². The third-order valence-electron chi connectivity index (χ3n) is 6.21. The summed E-state index contributed by atoms with van der Waals surface area (Å²) in [5, 5.41) is 4.76. The Bertz CT molecular complexity index is 1220. The maximum atomic E-state index is 13.6. The lowest BCUT2D eigenvalue weighted by molar-refractivity contribution is -0.139. The van der Waals surface area contributed by atoms with Gasteiger partial charge < -0.3 is 10.2 Å². The van der Waals surface area contributed by atoms with Gasteiger partial charge in [0.15, 0.2) is 0 Å². The van der Waals surface area contributed by atoms with E-state index in [0.717, 1.165) is 39.3 Å². The van der Waals surface area contributed by atoms with Crippen molar-refractivity contribution < 1.29 is 14.4 Å². The fraction of sp³-hybridized carbons (Fsp3) is 0.296. The largest absolute Gasteiger partial charge is 0.354 e. The predicted octanol–water partition coefficient (Wildman–Crippen LogP) is 4.90. The molecule has 4 rings (SSSR count). The summed E-state index contributed by atoms with van der Waals surface area (Å²) in [6, 6.07) is 18.3. The zero-order chi connectivity index (χ0) is 24.2. The van der Waals surface area contributed by atoms with Crippen LogP contribution in [0.3, 0.4) is 0 Å². The van der Waals surface area contributed by atoms with Gasteiger partial charge in [0.25, 0.3) is 5.91 Å². The predicted molar refractivity (Wildman–Crippen MR) is 138 cm³/mol. The van der Waals surface area contributed by atoms with Crippen LogP contribution in [0, 0.1) is 0 Å². The molecule has 1 atom stereocenters. The zero-order valence-corrected chi connectivity index (χ0v) is 21.0. The molecule has 0 unspecified atom stereocenters. The zero-order valence-electron chi connectivity index (χ0n) is 19.4. The third kappa shape index (κ3) is 4.85. The lowest BCUT2D eigenvalue weighted by atomic mass is 10.1. The van der Waals surface area contributed by atoms with Crippen molar-refractivity contribution in [2.24, 2.45) is 0 Å². The van der Waals surface area contributed by atoms with E-state index in [1.165, 1.54) is 4.90 Å². The minimum atomic E-state index is -0.677. The van der Waals surface area contributed by atoms with Gasteiger partial charge in [-0.25, -0.2) is 0 Å². The van der Waals surface area contributed by atoms with Crippen molar-refractivity contribution >= 4 is 50.1 Å². The molecule has 6 nitrogen and oxygen atoms in total. The van der Waals surface area contributed by atoms with Gasteiger partial charge in [0, 0.05) is 28.5 Å². The molecule has 3 aromatic rings. The minimum Gasteiger partial charge on any atom is -0.354 e. The van der Waals surface area contributed by atoms with Crippen LogP contribution >= 0.6 is 15.9 Å². The maximum Gasteiger partial charge on any atom is 0.259 e. The first-order valence-electron chi connectivity index (χ1n) is 11.6. The first-order valence-corrected chi connectivity index (χ1v) is 12.3. The van der Waals surface area contributed by atoms with Gasteiger partial charge in [-0.3, -0.25) is 19.3 Å². The quantitative estimate of drug-likeness (QED) is 0.407. The van der Waals surface area contributed by atoms with E-state index in [1.54, 1.807) is 17.9 Å². The molecule has 34 heavy (non-hydrogen) atoms. The number of hydrogen-bond donors (Lipinski definition) is 1. The summed E-state index contributed by atoms with van der Waals surface area (Å²) in [6.45, 7) is 4.51. The molecule has 1 aliphatic heterocycles. The number of unbranched alkanes of at least 4 members (excludes halogenated alkanes) is 1. The summed E-state index contributed by atoms with van der Waals surface area (Å²) in [4.78, 5) is 42.7. The molecule has 7 heteroatoms. The number of amides is 3. The summed E-state index contributed by atoms with van der Waals surface area (Å²) in [6.07, 6.45) is 1.85. The van der Waals surface area contributed by atoms with Crippen LogP contribution in [0.2, 0.25) is 0 Å². The molecule has 0 radical (unpaired) electrons. The van der Waals surface area contributed by atoms with Crippen molar-refractivity contribution in [2.45, 2.75) is 39.3 Å². The van der Waals surface area contributed by atoms with Crippen molar-refractivity contribution in [2.75, 3.05) is 18.0 Å². The second-order valence-corrected chi connectivity index (χ2v) is 9.46. The van der Waals surface area contributed by atoms with Crippen molar-refractivity contribution in [1.82, 2.24) is 10.2 Å². The van der Waals surface area contributed by atoms with E-state index in [0.29, 0.717) is 12.1 Å². The molecule has 0 saturated heterocycles. The van der Waals surface area contributed by atoms with Gasteiger partial charge in [-0.15, -0.1) is 0 Å². The number of halogens is 1. The van der Waals surface area contributed by atoms with Gasteiger partial charge in [-0.1, -0.05) is 65.7 Å². The van der Waals surface area contributed by atoms with E-state index in [9.17, 15) is 14.4 Å². The monoisotopic (exact) mass is 521 g/mol. The number of nitrogens with one attached hydrogen (secondary N) is 1. The molecule has 0 bridgehead atoms. The molecular formula is C27H28BrN3O3. The van der Waals surface area contributed by atoms with Gasteiger partial charge in [-0.05, 0) is 48.6 Å². The Kier molecular flexibility index (Phi) is 7.32. The highest BCUT2D eigenvalue weighted by molar-refractivity contribution is 9.10. The number of anilines is 1. The molecule has 0 saturated carbocycles. The number of hydrogen-bond acceptors (Lipinski definition) is 3. The highest BCUT2D eigenvalue weighted by Crippen LogP contribution is 2.37. The molecule has 1 aliphatic rings. The first-order chi connectivity index (χ1) is 16.4. The van der Waals surface area contributed by atoms with E-state index < -0.39 is 6.04 Å². The molecule has 1 heterocycles. The molecule has 3 amide bonds. The van der Waals surface area contributed by atoms with Crippen LogP contribution in [0.5, 0.6) is 0 Å². The molecule has 3 aromatic carbocycles. The number of carbonyl (C=O) groups excluding carboxylic acids is 3. The van der Waals surface area contributed by atoms with Crippen LogP contribution < -0.4 is 10.2 Å². The van der Waals surface area contributed by atoms with Gasteiger partial charge in [0.05, 0.1) is 5.69 Å². The lowest BCUT2D eigenvalue weighted by Gasteiger charge is -2.30. The molecular weight excluding hydrogens is 494 g/mol. The Morgan fingerprint density at radius 2 is 1.76 bits per heavy atom. The Balaban J connectivity index is 1.59. The Labute approximate surface area is 208 Å². The Morgan fingerprint density at radius 3 is 2.47 bits per heavy atom. The Hall–Kier alpha value is -3.19.